The molecule has 36 heavy (non-hydrogen) atoms. The lowest BCUT2D eigenvalue weighted by molar-refractivity contribution is -0.107. The van der Waals surface area contributed by atoms with Crippen molar-refractivity contribution in [2.75, 3.05) is 4.90 Å². The average molecular weight is 508 g/mol. The highest BCUT2D eigenvalue weighted by Gasteiger charge is 2.36. The molecule has 0 spiro atoms. The molecule has 0 aromatic heterocycles. The number of aromatic carboxylic acids is 1. The number of carboxylic acids is 1. The van der Waals surface area contributed by atoms with Gasteiger partial charge in [-0.2, -0.15) is 0 Å². The van der Waals surface area contributed by atoms with Crippen LogP contribution in [0.15, 0.2) is 59.7 Å². The number of carboxylic acid groups (broad SMARTS) is 1. The molecule has 0 bridgehead atoms. The molecule has 5 nitrogen and oxygen atoms in total. The van der Waals surface area contributed by atoms with E-state index in [9.17, 15) is 14.7 Å². The Hall–Kier alpha value is -2.89. The lowest BCUT2D eigenvalue weighted by atomic mass is 9.72. The van der Waals surface area contributed by atoms with Crippen LogP contribution in [0.5, 0.6) is 0 Å². The molecule has 1 aliphatic carbocycles. The van der Waals surface area contributed by atoms with Crippen LogP contribution in [0.1, 0.15) is 74.0 Å². The van der Waals surface area contributed by atoms with Gasteiger partial charge in [-0.05, 0) is 86.1 Å². The number of amides is 1. The van der Waals surface area contributed by atoms with Gasteiger partial charge in [0.15, 0.2) is 0 Å². The van der Waals surface area contributed by atoms with E-state index in [0.29, 0.717) is 21.8 Å². The summed E-state index contributed by atoms with van der Waals surface area (Å²) in [5.41, 5.74) is 4.99. The van der Waals surface area contributed by atoms with Crippen molar-refractivity contribution in [2.45, 2.75) is 77.5 Å². The highest BCUT2D eigenvalue weighted by molar-refractivity contribution is 6.30. The number of ether oxygens (including phenoxy) is 1. The second-order valence-electron chi connectivity index (χ2n) is 10.9. The maximum Gasteiger partial charge on any atom is 0.336 e. The van der Waals surface area contributed by atoms with Crippen LogP contribution < -0.4 is 4.90 Å². The summed E-state index contributed by atoms with van der Waals surface area (Å²) < 4.78 is 6.31. The number of carbonyl (C=O) groups is 2. The van der Waals surface area contributed by atoms with Gasteiger partial charge in [-0.25, -0.2) is 4.79 Å². The normalized spacial score (nSPS) is 19.1. The van der Waals surface area contributed by atoms with E-state index in [0.717, 1.165) is 36.8 Å². The Morgan fingerprint density at radius 3 is 2.72 bits per heavy atom. The number of aryl methyl sites for hydroxylation is 1. The molecule has 4 rings (SSSR count). The zero-order chi connectivity index (χ0) is 26.3. The van der Waals surface area contributed by atoms with Gasteiger partial charge in [0.2, 0.25) is 6.41 Å². The molecule has 1 saturated heterocycles. The number of halogens is 1. The number of rotatable bonds is 7. The summed E-state index contributed by atoms with van der Waals surface area (Å²) in [7, 11) is 0. The zero-order valence-corrected chi connectivity index (χ0v) is 22.4. The van der Waals surface area contributed by atoms with Gasteiger partial charge in [0.1, 0.15) is 0 Å². The van der Waals surface area contributed by atoms with Crippen LogP contribution in [-0.2, 0) is 21.5 Å². The largest absolute Gasteiger partial charge is 0.478 e. The minimum absolute atomic E-state index is 0.106. The summed E-state index contributed by atoms with van der Waals surface area (Å²) in [5.74, 6) is -1.00. The summed E-state index contributed by atoms with van der Waals surface area (Å²) in [6, 6.07) is 10.9. The van der Waals surface area contributed by atoms with Crippen LogP contribution in [0, 0.1) is 6.92 Å². The minimum Gasteiger partial charge on any atom is -0.478 e. The molecule has 0 radical (unpaired) electrons. The van der Waals surface area contributed by atoms with Crippen molar-refractivity contribution in [3.05, 3.63) is 87.0 Å². The van der Waals surface area contributed by atoms with E-state index in [2.05, 4.69) is 39.8 Å². The van der Waals surface area contributed by atoms with E-state index in [4.69, 9.17) is 16.3 Å². The number of benzene rings is 2. The van der Waals surface area contributed by atoms with Gasteiger partial charge in [0.05, 0.1) is 23.8 Å². The van der Waals surface area contributed by atoms with Crippen molar-refractivity contribution in [2.24, 2.45) is 0 Å². The van der Waals surface area contributed by atoms with Crippen molar-refractivity contribution in [3.63, 3.8) is 0 Å². The number of hydrogen-bond acceptors (Lipinski definition) is 3. The smallest absolute Gasteiger partial charge is 0.336 e. The summed E-state index contributed by atoms with van der Waals surface area (Å²) in [6.45, 7) is 10.5. The highest BCUT2D eigenvalue weighted by Crippen LogP contribution is 2.44. The number of allylic oxidation sites excluding steroid dienone is 2. The fraction of sp³-hybridized carbons (Fsp3) is 0.400. The first-order valence-corrected chi connectivity index (χ1v) is 12.7. The van der Waals surface area contributed by atoms with E-state index in [1.54, 1.807) is 30.0 Å². The predicted molar refractivity (Wildman–Crippen MR) is 144 cm³/mol. The molecule has 1 N–H and O–H groups in total. The van der Waals surface area contributed by atoms with Crippen molar-refractivity contribution >= 4 is 29.7 Å². The third-order valence-electron chi connectivity index (χ3n) is 7.49. The molecule has 190 valence electrons. The van der Waals surface area contributed by atoms with E-state index in [1.165, 1.54) is 5.57 Å². The molecule has 1 fully saturated rings. The van der Waals surface area contributed by atoms with E-state index < -0.39 is 11.4 Å². The molecular weight excluding hydrogens is 474 g/mol. The molecule has 0 saturated carbocycles. The first kappa shape index (κ1) is 26.2. The number of fused-ring (bicyclic) bond motifs is 1. The first-order valence-electron chi connectivity index (χ1n) is 12.4. The average Bonchev–Trinajstić information content (AvgIpc) is 2.81. The maximum absolute atomic E-state index is 12.4. The van der Waals surface area contributed by atoms with Crippen molar-refractivity contribution < 1.29 is 19.4 Å². The molecule has 1 atom stereocenters. The maximum atomic E-state index is 12.4. The Bertz CT molecular complexity index is 1260. The summed E-state index contributed by atoms with van der Waals surface area (Å²) in [6.07, 6.45) is 8.14. The second kappa shape index (κ2) is 9.87. The Kier molecular flexibility index (Phi) is 7.18. The number of carbonyl (C=O) groups excluding carboxylic acids is 1. The zero-order valence-electron chi connectivity index (χ0n) is 21.6. The Labute approximate surface area is 218 Å². The molecular formula is C30H34ClNO4. The van der Waals surface area contributed by atoms with Crippen molar-refractivity contribution in [1.82, 2.24) is 0 Å². The number of hydrogen-bond donors (Lipinski definition) is 1. The van der Waals surface area contributed by atoms with Crippen LogP contribution in [0.25, 0.3) is 0 Å². The van der Waals surface area contributed by atoms with Crippen LogP contribution in [0.2, 0.25) is 5.02 Å². The third kappa shape index (κ3) is 5.14. The highest BCUT2D eigenvalue weighted by atomic mass is 35.5. The molecule has 2 aromatic rings. The van der Waals surface area contributed by atoms with Gasteiger partial charge >= 0.3 is 5.97 Å². The van der Waals surface area contributed by atoms with Crippen LogP contribution in [0.3, 0.4) is 0 Å². The SMILES string of the molecule is Cc1cccc(CN(C=O)c2ccc(Cl)cc2C(C)(C)C2=CCC3OC(C)(C)CCC3=C2)c1C(=O)O. The lowest BCUT2D eigenvalue weighted by Crippen LogP contribution is -2.38. The Balaban J connectivity index is 1.72. The molecule has 1 heterocycles. The lowest BCUT2D eigenvalue weighted by Gasteiger charge is -2.41. The van der Waals surface area contributed by atoms with E-state index in [1.807, 2.05) is 18.2 Å². The van der Waals surface area contributed by atoms with E-state index >= 15 is 0 Å². The molecule has 6 heteroatoms. The Morgan fingerprint density at radius 2 is 2.03 bits per heavy atom. The molecule has 2 aliphatic rings. The Morgan fingerprint density at radius 1 is 1.28 bits per heavy atom. The van der Waals surface area contributed by atoms with Crippen molar-refractivity contribution in [3.8, 4) is 0 Å². The van der Waals surface area contributed by atoms with Crippen LogP contribution in [-0.4, -0.2) is 29.2 Å². The standard InChI is InChI=1S/C30H34ClNO4/c1-19-7-6-8-21(27(19)28(34)35)17-32(18-33)25-11-10-23(31)16-24(25)30(4,5)22-9-12-26-20(15-22)13-14-29(2,3)36-26/h6-11,15-16,18,26H,12-14,17H2,1-5H3,(H,34,35). The van der Waals surface area contributed by atoms with Gasteiger partial charge in [-0.15, -0.1) is 0 Å². The fourth-order valence-electron chi connectivity index (χ4n) is 5.36. The van der Waals surface area contributed by atoms with Crippen molar-refractivity contribution in [1.29, 1.82) is 0 Å². The summed E-state index contributed by atoms with van der Waals surface area (Å²) in [4.78, 5) is 25.9. The molecule has 1 amide bonds. The molecule has 1 unspecified atom stereocenters. The fourth-order valence-corrected chi connectivity index (χ4v) is 5.53. The topological polar surface area (TPSA) is 66.8 Å². The minimum atomic E-state index is -1.00. The van der Waals surface area contributed by atoms with Gasteiger partial charge < -0.3 is 14.7 Å². The van der Waals surface area contributed by atoms with Crippen LogP contribution >= 0.6 is 11.6 Å². The van der Waals surface area contributed by atoms with Gasteiger partial charge in [0.25, 0.3) is 0 Å². The summed E-state index contributed by atoms with van der Waals surface area (Å²) >= 11 is 6.46. The van der Waals surface area contributed by atoms with Gasteiger partial charge in [-0.3, -0.25) is 4.79 Å². The number of nitrogens with zero attached hydrogens (tertiary/aromatic N) is 1. The van der Waals surface area contributed by atoms with Crippen LogP contribution in [0.4, 0.5) is 5.69 Å². The van der Waals surface area contributed by atoms with Gasteiger partial charge in [0, 0.05) is 16.1 Å². The van der Waals surface area contributed by atoms with Gasteiger partial charge in [-0.1, -0.05) is 55.8 Å². The molecule has 2 aromatic carbocycles. The second-order valence-corrected chi connectivity index (χ2v) is 11.4. The van der Waals surface area contributed by atoms with E-state index in [-0.39, 0.29) is 23.8 Å². The predicted octanol–water partition coefficient (Wildman–Crippen LogP) is 7.00. The molecule has 1 aliphatic heterocycles. The monoisotopic (exact) mass is 507 g/mol. The third-order valence-corrected chi connectivity index (χ3v) is 7.72. The first-order chi connectivity index (χ1) is 16.9. The summed E-state index contributed by atoms with van der Waals surface area (Å²) in [5, 5.41) is 10.4. The number of anilines is 1. The quantitative estimate of drug-likeness (QED) is 0.409.